The number of nitrogens with one attached hydrogen (secondary N) is 1. The van der Waals surface area contributed by atoms with E-state index in [9.17, 15) is 4.79 Å². The molecule has 1 amide bonds. The molecule has 4 heteroatoms. The van der Waals surface area contributed by atoms with E-state index >= 15 is 0 Å². The second kappa shape index (κ2) is 5.28. The Morgan fingerprint density at radius 3 is 2.67 bits per heavy atom. The van der Waals surface area contributed by atoms with Crippen molar-refractivity contribution in [1.82, 2.24) is 5.32 Å². The summed E-state index contributed by atoms with van der Waals surface area (Å²) in [6.45, 7) is 4.46. The van der Waals surface area contributed by atoms with Crippen LogP contribution in [0, 0.1) is 0 Å². The van der Waals surface area contributed by atoms with E-state index in [1.165, 1.54) is 0 Å². The zero-order valence-electron chi connectivity index (χ0n) is 9.25. The predicted octanol–water partition coefficient (Wildman–Crippen LogP) is 1.88. The van der Waals surface area contributed by atoms with Crippen LogP contribution in [-0.2, 0) is 11.3 Å². The summed E-state index contributed by atoms with van der Waals surface area (Å²) in [4.78, 5) is 12.9. The van der Waals surface area contributed by atoms with Gasteiger partial charge in [0.2, 0.25) is 5.91 Å². The lowest BCUT2D eigenvalue weighted by Gasteiger charge is -2.24. The molecule has 0 saturated carbocycles. The molecule has 0 radical (unpaired) electrons. The number of nitrogens with two attached hydrogens (primary N) is 1. The van der Waals surface area contributed by atoms with Gasteiger partial charge in [0.25, 0.3) is 0 Å². The van der Waals surface area contributed by atoms with Crippen LogP contribution >= 0.6 is 11.3 Å². The van der Waals surface area contributed by atoms with Gasteiger partial charge in [0.1, 0.15) is 0 Å². The quantitative estimate of drug-likeness (QED) is 0.805. The molecule has 1 heterocycles. The van der Waals surface area contributed by atoms with E-state index in [4.69, 9.17) is 5.73 Å². The average Bonchev–Trinajstić information content (AvgIpc) is 2.77. The van der Waals surface area contributed by atoms with E-state index in [0.717, 1.165) is 4.88 Å². The van der Waals surface area contributed by atoms with Crippen LogP contribution in [0.1, 0.15) is 31.6 Å². The minimum absolute atomic E-state index is 0.0547. The average molecular weight is 226 g/mol. The highest BCUT2D eigenvalue weighted by Crippen LogP contribution is 2.12. The van der Waals surface area contributed by atoms with Gasteiger partial charge in [0.05, 0.1) is 12.1 Å². The van der Waals surface area contributed by atoms with Crippen LogP contribution in [0.3, 0.4) is 0 Å². The van der Waals surface area contributed by atoms with E-state index in [-0.39, 0.29) is 5.91 Å². The van der Waals surface area contributed by atoms with Gasteiger partial charge >= 0.3 is 0 Å². The molecule has 15 heavy (non-hydrogen) atoms. The molecule has 1 rings (SSSR count). The number of hydrogen-bond acceptors (Lipinski definition) is 3. The maximum Gasteiger partial charge on any atom is 0.240 e. The Kier molecular flexibility index (Phi) is 4.29. The third-order valence-electron chi connectivity index (χ3n) is 2.72. The van der Waals surface area contributed by atoms with Gasteiger partial charge in [-0.2, -0.15) is 0 Å². The molecule has 0 spiro atoms. The summed E-state index contributed by atoms with van der Waals surface area (Å²) in [7, 11) is 0. The molecule has 3 N–H and O–H groups in total. The van der Waals surface area contributed by atoms with Gasteiger partial charge in [-0.05, 0) is 24.3 Å². The minimum Gasteiger partial charge on any atom is -0.350 e. The standard InChI is InChI=1S/C11H18N2OS/c1-3-11(12,4-2)10(14)13-8-9-6-5-7-15-9/h5-7H,3-4,8,12H2,1-2H3,(H,13,14). The molecule has 0 saturated heterocycles. The second-order valence-corrected chi connectivity index (χ2v) is 4.66. The summed E-state index contributed by atoms with van der Waals surface area (Å²) >= 11 is 1.64. The first-order valence-electron chi connectivity index (χ1n) is 5.22. The molecule has 0 fully saturated rings. The Bertz CT molecular complexity index is 304. The van der Waals surface area contributed by atoms with E-state index in [1.54, 1.807) is 11.3 Å². The van der Waals surface area contributed by atoms with Crippen LogP contribution in [-0.4, -0.2) is 11.4 Å². The van der Waals surface area contributed by atoms with Gasteiger partial charge in [0.15, 0.2) is 0 Å². The zero-order valence-corrected chi connectivity index (χ0v) is 10.1. The molecule has 0 aliphatic heterocycles. The van der Waals surface area contributed by atoms with E-state index in [2.05, 4.69) is 5.32 Å². The molecule has 0 atom stereocenters. The van der Waals surface area contributed by atoms with Gasteiger partial charge in [-0.25, -0.2) is 0 Å². The monoisotopic (exact) mass is 226 g/mol. The summed E-state index contributed by atoms with van der Waals surface area (Å²) in [6, 6.07) is 3.97. The summed E-state index contributed by atoms with van der Waals surface area (Å²) in [5.74, 6) is -0.0547. The maximum absolute atomic E-state index is 11.8. The highest BCUT2D eigenvalue weighted by atomic mass is 32.1. The molecule has 1 aromatic rings. The number of carbonyl (C=O) groups excluding carboxylic acids is 1. The van der Waals surface area contributed by atoms with Gasteiger partial charge in [-0.3, -0.25) is 4.79 Å². The molecule has 0 aliphatic carbocycles. The Balaban J connectivity index is 2.48. The van der Waals surface area contributed by atoms with E-state index in [1.807, 2.05) is 31.4 Å². The van der Waals surface area contributed by atoms with Gasteiger partial charge in [-0.1, -0.05) is 19.9 Å². The summed E-state index contributed by atoms with van der Waals surface area (Å²) < 4.78 is 0. The smallest absolute Gasteiger partial charge is 0.240 e. The third-order valence-corrected chi connectivity index (χ3v) is 3.59. The topological polar surface area (TPSA) is 55.1 Å². The lowest BCUT2D eigenvalue weighted by Crippen LogP contribution is -2.52. The first kappa shape index (κ1) is 12.2. The Morgan fingerprint density at radius 2 is 2.20 bits per heavy atom. The largest absolute Gasteiger partial charge is 0.350 e. The minimum atomic E-state index is -0.711. The van der Waals surface area contributed by atoms with E-state index < -0.39 is 5.54 Å². The van der Waals surface area contributed by atoms with Crippen molar-refractivity contribution in [3.05, 3.63) is 22.4 Å². The number of carbonyl (C=O) groups is 1. The first-order valence-corrected chi connectivity index (χ1v) is 6.10. The molecule has 1 aromatic heterocycles. The fourth-order valence-corrected chi connectivity index (χ4v) is 1.97. The highest BCUT2D eigenvalue weighted by Gasteiger charge is 2.29. The summed E-state index contributed by atoms with van der Waals surface area (Å²) in [6.07, 6.45) is 1.33. The van der Waals surface area contributed by atoms with Crippen LogP contribution in [0.15, 0.2) is 17.5 Å². The SMILES string of the molecule is CCC(N)(CC)C(=O)NCc1cccs1. The molecule has 0 unspecified atom stereocenters. The van der Waals surface area contributed by atoms with Crippen molar-refractivity contribution in [2.24, 2.45) is 5.73 Å². The predicted molar refractivity (Wildman–Crippen MR) is 63.7 cm³/mol. The van der Waals surface area contributed by atoms with Crippen LogP contribution in [0.25, 0.3) is 0 Å². The molecular weight excluding hydrogens is 208 g/mol. The maximum atomic E-state index is 11.8. The molecule has 3 nitrogen and oxygen atoms in total. The van der Waals surface area contributed by atoms with Crippen LogP contribution in [0.5, 0.6) is 0 Å². The van der Waals surface area contributed by atoms with Crippen molar-refractivity contribution in [2.75, 3.05) is 0 Å². The summed E-state index contributed by atoms with van der Waals surface area (Å²) in [5, 5.41) is 4.87. The van der Waals surface area contributed by atoms with Gasteiger partial charge < -0.3 is 11.1 Å². The zero-order chi connectivity index (χ0) is 11.3. The van der Waals surface area contributed by atoms with Crippen molar-refractivity contribution >= 4 is 17.2 Å². The molecule has 0 aromatic carbocycles. The highest BCUT2D eigenvalue weighted by molar-refractivity contribution is 7.09. The van der Waals surface area contributed by atoms with E-state index in [0.29, 0.717) is 19.4 Å². The van der Waals surface area contributed by atoms with Gasteiger partial charge in [0, 0.05) is 4.88 Å². The van der Waals surface area contributed by atoms with Crippen molar-refractivity contribution in [3.63, 3.8) is 0 Å². The molecule has 0 aliphatic rings. The first-order chi connectivity index (χ1) is 7.12. The van der Waals surface area contributed by atoms with Crippen molar-refractivity contribution < 1.29 is 4.79 Å². The van der Waals surface area contributed by atoms with Crippen molar-refractivity contribution in [3.8, 4) is 0 Å². The fourth-order valence-electron chi connectivity index (χ4n) is 1.33. The molecule has 84 valence electrons. The number of rotatable bonds is 5. The third kappa shape index (κ3) is 3.04. The lowest BCUT2D eigenvalue weighted by molar-refractivity contribution is -0.126. The Hall–Kier alpha value is -0.870. The number of amides is 1. The lowest BCUT2D eigenvalue weighted by atomic mass is 9.93. The Labute approximate surface area is 94.7 Å². The molecular formula is C11H18N2OS. The number of hydrogen-bond donors (Lipinski definition) is 2. The van der Waals surface area contributed by atoms with Crippen molar-refractivity contribution in [2.45, 2.75) is 38.8 Å². The second-order valence-electron chi connectivity index (χ2n) is 3.63. The van der Waals surface area contributed by atoms with Gasteiger partial charge in [-0.15, -0.1) is 11.3 Å². The van der Waals surface area contributed by atoms with Crippen LogP contribution in [0.4, 0.5) is 0 Å². The number of thiophene rings is 1. The van der Waals surface area contributed by atoms with Crippen LogP contribution in [0.2, 0.25) is 0 Å². The van der Waals surface area contributed by atoms with Crippen LogP contribution < -0.4 is 11.1 Å². The fraction of sp³-hybridized carbons (Fsp3) is 0.545. The normalized spacial score (nSPS) is 11.4. The van der Waals surface area contributed by atoms with Crippen molar-refractivity contribution in [1.29, 1.82) is 0 Å². The Morgan fingerprint density at radius 1 is 1.53 bits per heavy atom. The molecule has 0 bridgehead atoms. The summed E-state index contributed by atoms with van der Waals surface area (Å²) in [5.41, 5.74) is 5.26.